The molecule has 7 heteroatoms. The molecule has 25 heavy (non-hydrogen) atoms. The average molecular weight is 339 g/mol. The molecule has 0 aromatic heterocycles. The Kier molecular flexibility index (Phi) is 5.06. The standard InChI is InChI=1S/C18H17N3O4/c22-16-10-19-18(24)21(16)11-13-6-8-15(9-7-13)17(23)20-25-12-14-4-2-1-3-5-14/h1-9H,10-12H2,(H,19,24)(H,20,23). The number of carbonyl (C=O) groups excluding carboxylic acids is 3. The van der Waals surface area contributed by atoms with E-state index in [4.69, 9.17) is 4.84 Å². The molecule has 0 spiro atoms. The monoisotopic (exact) mass is 339 g/mol. The van der Waals surface area contributed by atoms with Gasteiger partial charge in [-0.15, -0.1) is 0 Å². The highest BCUT2D eigenvalue weighted by molar-refractivity contribution is 6.01. The summed E-state index contributed by atoms with van der Waals surface area (Å²) in [6, 6.07) is 15.7. The maximum Gasteiger partial charge on any atom is 0.324 e. The van der Waals surface area contributed by atoms with Crippen LogP contribution in [0.1, 0.15) is 21.5 Å². The van der Waals surface area contributed by atoms with E-state index >= 15 is 0 Å². The predicted octanol–water partition coefficient (Wildman–Crippen LogP) is 1.60. The second-order valence-corrected chi connectivity index (χ2v) is 5.54. The molecule has 1 fully saturated rings. The lowest BCUT2D eigenvalue weighted by Crippen LogP contribution is -2.30. The van der Waals surface area contributed by atoms with Crippen molar-refractivity contribution in [1.29, 1.82) is 0 Å². The van der Waals surface area contributed by atoms with Crippen molar-refractivity contribution in [2.24, 2.45) is 0 Å². The van der Waals surface area contributed by atoms with E-state index in [2.05, 4.69) is 10.8 Å². The average Bonchev–Trinajstić information content (AvgIpc) is 2.95. The molecule has 2 aromatic rings. The van der Waals surface area contributed by atoms with Crippen molar-refractivity contribution >= 4 is 17.8 Å². The lowest BCUT2D eigenvalue weighted by atomic mass is 10.1. The number of carbonyl (C=O) groups is 3. The van der Waals surface area contributed by atoms with Crippen LogP contribution in [0.3, 0.4) is 0 Å². The van der Waals surface area contributed by atoms with Gasteiger partial charge in [-0.05, 0) is 23.3 Å². The zero-order valence-electron chi connectivity index (χ0n) is 13.4. The first kappa shape index (κ1) is 16.7. The van der Waals surface area contributed by atoms with Crippen LogP contribution in [0.25, 0.3) is 0 Å². The van der Waals surface area contributed by atoms with Gasteiger partial charge in [0.1, 0.15) is 0 Å². The maximum atomic E-state index is 12.0. The highest BCUT2D eigenvalue weighted by Gasteiger charge is 2.28. The lowest BCUT2D eigenvalue weighted by molar-refractivity contribution is -0.125. The molecule has 0 bridgehead atoms. The molecule has 0 unspecified atom stereocenters. The van der Waals surface area contributed by atoms with Crippen molar-refractivity contribution in [3.8, 4) is 0 Å². The molecule has 1 aliphatic heterocycles. The number of nitrogens with one attached hydrogen (secondary N) is 2. The Labute approximate surface area is 144 Å². The zero-order valence-corrected chi connectivity index (χ0v) is 13.4. The minimum atomic E-state index is -0.402. The van der Waals surface area contributed by atoms with Crippen LogP contribution >= 0.6 is 0 Å². The van der Waals surface area contributed by atoms with Crippen LogP contribution in [-0.2, 0) is 22.8 Å². The zero-order chi connectivity index (χ0) is 17.6. The van der Waals surface area contributed by atoms with Crippen molar-refractivity contribution in [3.63, 3.8) is 0 Å². The molecule has 128 valence electrons. The van der Waals surface area contributed by atoms with Crippen molar-refractivity contribution in [2.75, 3.05) is 6.54 Å². The molecular weight excluding hydrogens is 322 g/mol. The second-order valence-electron chi connectivity index (χ2n) is 5.54. The molecule has 1 saturated heterocycles. The summed E-state index contributed by atoms with van der Waals surface area (Å²) in [5, 5.41) is 2.46. The number of hydrogen-bond acceptors (Lipinski definition) is 4. The summed E-state index contributed by atoms with van der Waals surface area (Å²) < 4.78 is 0. The Morgan fingerprint density at radius 1 is 1.04 bits per heavy atom. The fourth-order valence-corrected chi connectivity index (χ4v) is 2.38. The normalized spacial score (nSPS) is 13.7. The van der Waals surface area contributed by atoms with Gasteiger partial charge in [-0.3, -0.25) is 19.3 Å². The second kappa shape index (κ2) is 7.59. The minimum absolute atomic E-state index is 0.0259. The first-order valence-corrected chi connectivity index (χ1v) is 7.76. The van der Waals surface area contributed by atoms with Gasteiger partial charge in [-0.1, -0.05) is 42.5 Å². The minimum Gasteiger partial charge on any atom is -0.329 e. The van der Waals surface area contributed by atoms with E-state index < -0.39 is 6.03 Å². The topological polar surface area (TPSA) is 87.7 Å². The van der Waals surface area contributed by atoms with Gasteiger partial charge in [-0.2, -0.15) is 0 Å². The Bertz CT molecular complexity index is 759. The van der Waals surface area contributed by atoms with E-state index in [-0.39, 0.29) is 31.5 Å². The van der Waals surface area contributed by atoms with E-state index in [9.17, 15) is 14.4 Å². The van der Waals surface area contributed by atoms with Gasteiger partial charge < -0.3 is 5.32 Å². The van der Waals surface area contributed by atoms with Crippen molar-refractivity contribution in [2.45, 2.75) is 13.2 Å². The molecule has 0 aliphatic carbocycles. The molecule has 0 atom stereocenters. The number of hydrogen-bond donors (Lipinski definition) is 2. The van der Waals surface area contributed by atoms with Crippen LogP contribution in [0, 0.1) is 0 Å². The van der Waals surface area contributed by atoms with Gasteiger partial charge in [0, 0.05) is 5.56 Å². The van der Waals surface area contributed by atoms with E-state index in [1.165, 1.54) is 0 Å². The summed E-state index contributed by atoms with van der Waals surface area (Å²) in [5.41, 5.74) is 4.52. The predicted molar refractivity (Wildman–Crippen MR) is 89.1 cm³/mol. The van der Waals surface area contributed by atoms with Gasteiger partial charge in [0.15, 0.2) is 0 Å². The quantitative estimate of drug-likeness (QED) is 0.618. The lowest BCUT2D eigenvalue weighted by Gasteiger charge is -2.12. The third-order valence-corrected chi connectivity index (χ3v) is 3.74. The molecular formula is C18H17N3O4. The van der Waals surface area contributed by atoms with E-state index in [1.54, 1.807) is 24.3 Å². The Hall–Kier alpha value is -3.19. The molecule has 4 amide bonds. The molecule has 2 aromatic carbocycles. The Balaban J connectivity index is 1.52. The van der Waals surface area contributed by atoms with Crippen molar-refractivity contribution < 1.29 is 19.2 Å². The van der Waals surface area contributed by atoms with Gasteiger partial charge >= 0.3 is 6.03 Å². The smallest absolute Gasteiger partial charge is 0.324 e. The molecule has 0 saturated carbocycles. The number of hydroxylamine groups is 1. The van der Waals surface area contributed by atoms with E-state index in [0.29, 0.717) is 5.56 Å². The Morgan fingerprint density at radius 2 is 1.76 bits per heavy atom. The molecule has 2 N–H and O–H groups in total. The van der Waals surface area contributed by atoms with E-state index in [0.717, 1.165) is 16.0 Å². The molecule has 7 nitrogen and oxygen atoms in total. The summed E-state index contributed by atoms with van der Waals surface area (Å²) in [6.45, 7) is 0.478. The number of imide groups is 1. The van der Waals surface area contributed by atoms with Crippen molar-refractivity contribution in [1.82, 2.24) is 15.7 Å². The van der Waals surface area contributed by atoms with Gasteiger partial charge in [-0.25, -0.2) is 10.3 Å². The summed E-state index contributed by atoms with van der Waals surface area (Å²) in [5.74, 6) is -0.626. The van der Waals surface area contributed by atoms with Gasteiger partial charge in [0.2, 0.25) is 5.91 Å². The fourth-order valence-electron chi connectivity index (χ4n) is 2.38. The van der Waals surface area contributed by atoms with Crippen LogP contribution in [0.15, 0.2) is 54.6 Å². The SMILES string of the molecule is O=C(NOCc1ccccc1)c1ccc(CN2C(=O)CNC2=O)cc1. The highest BCUT2D eigenvalue weighted by atomic mass is 16.6. The third kappa shape index (κ3) is 4.21. The Morgan fingerprint density at radius 3 is 2.40 bits per heavy atom. The molecule has 1 aliphatic rings. The number of rotatable bonds is 6. The summed E-state index contributed by atoms with van der Waals surface area (Å²) in [7, 11) is 0. The van der Waals surface area contributed by atoms with Gasteiger partial charge in [0.25, 0.3) is 5.91 Å². The van der Waals surface area contributed by atoms with Crippen LogP contribution in [0.5, 0.6) is 0 Å². The van der Waals surface area contributed by atoms with Crippen LogP contribution < -0.4 is 10.8 Å². The number of benzene rings is 2. The summed E-state index contributed by atoms with van der Waals surface area (Å²) >= 11 is 0. The molecule has 1 heterocycles. The van der Waals surface area contributed by atoms with Gasteiger partial charge in [0.05, 0.1) is 19.7 Å². The summed E-state index contributed by atoms with van der Waals surface area (Å²) in [6.07, 6.45) is 0. The van der Waals surface area contributed by atoms with Crippen LogP contribution in [-0.4, -0.2) is 29.3 Å². The first-order valence-electron chi connectivity index (χ1n) is 7.76. The maximum absolute atomic E-state index is 12.0. The van der Waals surface area contributed by atoms with Crippen molar-refractivity contribution in [3.05, 3.63) is 71.3 Å². The third-order valence-electron chi connectivity index (χ3n) is 3.74. The van der Waals surface area contributed by atoms with Crippen LogP contribution in [0.4, 0.5) is 4.79 Å². The first-order chi connectivity index (χ1) is 12.1. The molecule has 3 rings (SSSR count). The highest BCUT2D eigenvalue weighted by Crippen LogP contribution is 2.10. The fraction of sp³-hybridized carbons (Fsp3) is 0.167. The number of amides is 4. The largest absolute Gasteiger partial charge is 0.329 e. The van der Waals surface area contributed by atoms with Crippen LogP contribution in [0.2, 0.25) is 0 Å². The summed E-state index contributed by atoms with van der Waals surface area (Å²) in [4.78, 5) is 41.4. The number of urea groups is 1. The number of nitrogens with zero attached hydrogens (tertiary/aromatic N) is 1. The molecule has 0 radical (unpaired) electrons. The van der Waals surface area contributed by atoms with E-state index in [1.807, 2.05) is 30.3 Å².